The first-order chi connectivity index (χ1) is 8.54. The average Bonchev–Trinajstić information content (AvgIpc) is 2.62. The Morgan fingerprint density at radius 2 is 1.89 bits per heavy atom. The molecule has 2 aliphatic rings. The van der Waals surface area contributed by atoms with E-state index in [1.165, 1.54) is 19.4 Å². The molecule has 0 aromatic rings. The summed E-state index contributed by atoms with van der Waals surface area (Å²) in [5, 5.41) is 2.47. The van der Waals surface area contributed by atoms with Crippen LogP contribution >= 0.6 is 0 Å². The van der Waals surface area contributed by atoms with E-state index in [2.05, 4.69) is 15.1 Å². The smallest absolute Gasteiger partial charge is 0.307 e. The number of halogens is 3. The van der Waals surface area contributed by atoms with Crippen LogP contribution in [0.2, 0.25) is 0 Å². The van der Waals surface area contributed by atoms with Gasteiger partial charge in [0.2, 0.25) is 0 Å². The van der Waals surface area contributed by atoms with E-state index in [4.69, 9.17) is 0 Å². The van der Waals surface area contributed by atoms with Crippen molar-refractivity contribution in [3.8, 4) is 0 Å². The van der Waals surface area contributed by atoms with Gasteiger partial charge in [-0.2, -0.15) is 13.2 Å². The van der Waals surface area contributed by atoms with Crippen molar-refractivity contribution in [1.29, 1.82) is 0 Å². The van der Waals surface area contributed by atoms with Gasteiger partial charge in [-0.15, -0.1) is 0 Å². The summed E-state index contributed by atoms with van der Waals surface area (Å²) in [7, 11) is 0. The van der Waals surface area contributed by atoms with Gasteiger partial charge < -0.3 is 10.2 Å². The molecule has 3 nitrogen and oxygen atoms in total. The van der Waals surface area contributed by atoms with E-state index in [0.717, 1.165) is 32.6 Å². The molecule has 6 heteroatoms. The Kier molecular flexibility index (Phi) is 4.86. The van der Waals surface area contributed by atoms with Gasteiger partial charge in [0.05, 0.1) is 6.54 Å². The number of nitrogens with zero attached hydrogens (tertiary/aromatic N) is 2. The highest BCUT2D eigenvalue weighted by Gasteiger charge is 2.29. The zero-order chi connectivity index (χ0) is 13.0. The normalized spacial score (nSPS) is 27.2. The predicted octanol–water partition coefficient (Wildman–Crippen LogP) is 1.31. The fraction of sp³-hybridized carbons (Fsp3) is 1.00. The van der Waals surface area contributed by atoms with Crippen molar-refractivity contribution in [2.45, 2.75) is 31.5 Å². The molecule has 0 aromatic carbocycles. The van der Waals surface area contributed by atoms with Crippen LogP contribution in [0.4, 0.5) is 13.2 Å². The molecule has 0 saturated carbocycles. The minimum atomic E-state index is -4.10. The first kappa shape index (κ1) is 14.1. The standard InChI is InChI=1S/C12H22F3N3/c13-12(14,15)10-16-4-8-17-5-2-7-18-6-1-3-11(18)9-17/h11,16H,1-10H2. The maximum Gasteiger partial charge on any atom is 0.401 e. The average molecular weight is 265 g/mol. The first-order valence-electron chi connectivity index (χ1n) is 6.78. The van der Waals surface area contributed by atoms with Crippen LogP contribution in [0.15, 0.2) is 0 Å². The molecule has 1 N–H and O–H groups in total. The van der Waals surface area contributed by atoms with Crippen molar-refractivity contribution in [1.82, 2.24) is 15.1 Å². The molecule has 0 bridgehead atoms. The van der Waals surface area contributed by atoms with Gasteiger partial charge >= 0.3 is 6.18 Å². The van der Waals surface area contributed by atoms with Crippen LogP contribution in [0.3, 0.4) is 0 Å². The van der Waals surface area contributed by atoms with Gasteiger partial charge in [0.1, 0.15) is 0 Å². The minimum Gasteiger partial charge on any atom is -0.307 e. The van der Waals surface area contributed by atoms with Crippen molar-refractivity contribution in [2.75, 3.05) is 45.8 Å². The Morgan fingerprint density at radius 1 is 1.11 bits per heavy atom. The quantitative estimate of drug-likeness (QED) is 0.773. The maximum atomic E-state index is 12.0. The summed E-state index contributed by atoms with van der Waals surface area (Å²) in [5.74, 6) is 0. The van der Waals surface area contributed by atoms with Crippen LogP contribution in [0, 0.1) is 0 Å². The van der Waals surface area contributed by atoms with Crippen LogP contribution in [-0.4, -0.2) is 67.8 Å². The maximum absolute atomic E-state index is 12.0. The third kappa shape index (κ3) is 4.40. The fourth-order valence-corrected chi connectivity index (χ4v) is 2.95. The zero-order valence-electron chi connectivity index (χ0n) is 10.7. The van der Waals surface area contributed by atoms with Crippen molar-refractivity contribution in [3.05, 3.63) is 0 Å². The van der Waals surface area contributed by atoms with Gasteiger partial charge in [-0.25, -0.2) is 0 Å². The Labute approximate surface area is 106 Å². The molecule has 1 unspecified atom stereocenters. The number of hydrogen-bond acceptors (Lipinski definition) is 3. The topological polar surface area (TPSA) is 18.5 Å². The Bertz CT molecular complexity index is 257. The molecule has 2 fully saturated rings. The van der Waals surface area contributed by atoms with E-state index < -0.39 is 12.7 Å². The highest BCUT2D eigenvalue weighted by Crippen LogP contribution is 2.21. The Balaban J connectivity index is 1.66. The van der Waals surface area contributed by atoms with Gasteiger partial charge in [-0.05, 0) is 38.9 Å². The molecule has 2 heterocycles. The van der Waals surface area contributed by atoms with Gasteiger partial charge in [-0.1, -0.05) is 0 Å². The van der Waals surface area contributed by atoms with Gasteiger partial charge in [0.25, 0.3) is 0 Å². The summed E-state index contributed by atoms with van der Waals surface area (Å²) < 4.78 is 35.9. The lowest BCUT2D eigenvalue weighted by molar-refractivity contribution is -0.124. The lowest BCUT2D eigenvalue weighted by atomic mass is 10.2. The second kappa shape index (κ2) is 6.21. The summed E-state index contributed by atoms with van der Waals surface area (Å²) >= 11 is 0. The molecular weight excluding hydrogens is 243 g/mol. The van der Waals surface area contributed by atoms with E-state index in [0.29, 0.717) is 12.6 Å². The number of hydrogen-bond donors (Lipinski definition) is 1. The van der Waals surface area contributed by atoms with Crippen molar-refractivity contribution in [2.24, 2.45) is 0 Å². The van der Waals surface area contributed by atoms with Crippen LogP contribution in [0.5, 0.6) is 0 Å². The zero-order valence-corrected chi connectivity index (χ0v) is 10.7. The number of rotatable bonds is 4. The minimum absolute atomic E-state index is 0.423. The molecule has 18 heavy (non-hydrogen) atoms. The second-order valence-electron chi connectivity index (χ2n) is 5.28. The second-order valence-corrected chi connectivity index (χ2v) is 5.28. The van der Waals surface area contributed by atoms with Gasteiger partial charge in [0, 0.05) is 25.7 Å². The van der Waals surface area contributed by atoms with Crippen LogP contribution in [-0.2, 0) is 0 Å². The third-order valence-corrected chi connectivity index (χ3v) is 3.82. The molecule has 2 aliphatic heterocycles. The van der Waals surface area contributed by atoms with Crippen LogP contribution in [0.1, 0.15) is 19.3 Å². The lowest BCUT2D eigenvalue weighted by Gasteiger charge is -2.25. The SMILES string of the molecule is FC(F)(F)CNCCN1CCCN2CCCC2C1. The monoisotopic (exact) mass is 265 g/mol. The third-order valence-electron chi connectivity index (χ3n) is 3.82. The number of nitrogens with one attached hydrogen (secondary N) is 1. The molecular formula is C12H22F3N3. The van der Waals surface area contributed by atoms with Gasteiger partial charge in [0.15, 0.2) is 0 Å². The number of alkyl halides is 3. The summed E-state index contributed by atoms with van der Waals surface area (Å²) in [6, 6.07) is 0.634. The summed E-state index contributed by atoms with van der Waals surface area (Å²) in [6.07, 6.45) is -0.450. The Morgan fingerprint density at radius 3 is 2.67 bits per heavy atom. The van der Waals surface area contributed by atoms with Gasteiger partial charge in [-0.3, -0.25) is 4.90 Å². The highest BCUT2D eigenvalue weighted by atomic mass is 19.4. The molecule has 2 rings (SSSR count). The molecule has 0 amide bonds. The van der Waals surface area contributed by atoms with E-state index >= 15 is 0 Å². The van der Waals surface area contributed by atoms with E-state index in [1.54, 1.807) is 0 Å². The molecule has 106 valence electrons. The Hall–Kier alpha value is -0.330. The summed E-state index contributed by atoms with van der Waals surface area (Å²) in [6.45, 7) is 4.65. The number of fused-ring (bicyclic) bond motifs is 1. The van der Waals surface area contributed by atoms with Crippen molar-refractivity contribution in [3.63, 3.8) is 0 Å². The van der Waals surface area contributed by atoms with Crippen LogP contribution in [0.25, 0.3) is 0 Å². The summed E-state index contributed by atoms with van der Waals surface area (Å²) in [4.78, 5) is 4.84. The van der Waals surface area contributed by atoms with Crippen molar-refractivity contribution >= 4 is 0 Å². The largest absolute Gasteiger partial charge is 0.401 e. The molecule has 0 radical (unpaired) electrons. The van der Waals surface area contributed by atoms with E-state index in [9.17, 15) is 13.2 Å². The fourth-order valence-electron chi connectivity index (χ4n) is 2.95. The lowest BCUT2D eigenvalue weighted by Crippen LogP contribution is -2.40. The first-order valence-corrected chi connectivity index (χ1v) is 6.78. The molecule has 1 atom stereocenters. The molecule has 0 aliphatic carbocycles. The van der Waals surface area contributed by atoms with E-state index in [1.807, 2.05) is 0 Å². The summed E-state index contributed by atoms with van der Waals surface area (Å²) in [5.41, 5.74) is 0. The van der Waals surface area contributed by atoms with Crippen molar-refractivity contribution < 1.29 is 13.2 Å². The molecule has 0 aromatic heterocycles. The predicted molar refractivity (Wildman–Crippen MR) is 64.6 cm³/mol. The molecule has 0 spiro atoms. The highest BCUT2D eigenvalue weighted by molar-refractivity contribution is 4.85. The van der Waals surface area contributed by atoms with Crippen LogP contribution < -0.4 is 5.32 Å². The van der Waals surface area contributed by atoms with E-state index in [-0.39, 0.29) is 0 Å². The molecule has 2 saturated heterocycles.